The third-order valence-electron chi connectivity index (χ3n) is 4.14. The monoisotopic (exact) mass is 366 g/mol. The highest BCUT2D eigenvalue weighted by Gasteiger charge is 2.21. The number of methoxy groups -OCH3 is 1. The minimum atomic E-state index is -0.516. The maximum atomic E-state index is 12.4. The van der Waals surface area contributed by atoms with E-state index in [2.05, 4.69) is 5.32 Å². The summed E-state index contributed by atoms with van der Waals surface area (Å²) in [6.45, 7) is 1.87. The number of carbonyl (C=O) groups excluding carboxylic acids is 1. The molecule has 2 aromatic carbocycles. The van der Waals surface area contributed by atoms with E-state index in [9.17, 15) is 14.9 Å². The van der Waals surface area contributed by atoms with Gasteiger partial charge in [-0.25, -0.2) is 0 Å². The predicted octanol–water partition coefficient (Wildman–Crippen LogP) is 4.35. The van der Waals surface area contributed by atoms with Crippen LogP contribution in [0.3, 0.4) is 0 Å². The van der Waals surface area contributed by atoms with Crippen LogP contribution in [0.4, 0.5) is 5.69 Å². The second-order valence-corrected chi connectivity index (χ2v) is 5.91. The lowest BCUT2D eigenvalue weighted by Crippen LogP contribution is -2.26. The number of nitro benzene ring substituents is 1. The average molecular weight is 366 g/mol. The molecule has 7 heteroatoms. The molecular weight excluding hydrogens is 348 g/mol. The van der Waals surface area contributed by atoms with Crippen molar-refractivity contribution in [1.29, 1.82) is 0 Å². The molecule has 0 fully saturated rings. The van der Waals surface area contributed by atoms with Gasteiger partial charge < -0.3 is 14.5 Å². The average Bonchev–Trinajstić information content (AvgIpc) is 3.18. The van der Waals surface area contributed by atoms with Crippen LogP contribution < -0.4 is 10.1 Å². The van der Waals surface area contributed by atoms with Crippen molar-refractivity contribution in [2.75, 3.05) is 7.11 Å². The lowest BCUT2D eigenvalue weighted by Gasteiger charge is -2.13. The van der Waals surface area contributed by atoms with Gasteiger partial charge in [0.05, 0.1) is 29.7 Å². The van der Waals surface area contributed by atoms with Gasteiger partial charge in [0, 0.05) is 0 Å². The molecule has 0 aliphatic carbocycles. The molecule has 1 aromatic heterocycles. The fraction of sp³-hybridized carbons (Fsp3) is 0.150. The van der Waals surface area contributed by atoms with E-state index in [1.54, 1.807) is 6.07 Å². The number of nitro groups is 1. The molecule has 0 saturated carbocycles. The van der Waals surface area contributed by atoms with Crippen molar-refractivity contribution in [1.82, 2.24) is 5.32 Å². The molecule has 138 valence electrons. The largest absolute Gasteiger partial charge is 0.497 e. The summed E-state index contributed by atoms with van der Waals surface area (Å²) in [4.78, 5) is 23.3. The normalized spacial score (nSPS) is 11.6. The van der Waals surface area contributed by atoms with E-state index in [0.717, 1.165) is 5.56 Å². The molecule has 1 amide bonds. The number of amides is 1. The Hall–Kier alpha value is -3.61. The summed E-state index contributed by atoms with van der Waals surface area (Å²) in [6.07, 6.45) is 0. The smallest absolute Gasteiger partial charge is 0.287 e. The molecule has 0 aliphatic rings. The zero-order valence-corrected chi connectivity index (χ0v) is 14.8. The van der Waals surface area contributed by atoms with E-state index < -0.39 is 10.8 Å². The molecular formula is C20H18N2O5. The van der Waals surface area contributed by atoms with Crippen LogP contribution in [0, 0.1) is 10.1 Å². The van der Waals surface area contributed by atoms with Gasteiger partial charge in [0.2, 0.25) is 0 Å². The molecule has 1 unspecified atom stereocenters. The topological polar surface area (TPSA) is 94.6 Å². The Balaban J connectivity index is 1.82. The minimum Gasteiger partial charge on any atom is -0.497 e. The molecule has 27 heavy (non-hydrogen) atoms. The van der Waals surface area contributed by atoms with Gasteiger partial charge in [0.15, 0.2) is 5.76 Å². The van der Waals surface area contributed by atoms with Crippen LogP contribution in [-0.4, -0.2) is 17.9 Å². The Morgan fingerprint density at radius 3 is 2.56 bits per heavy atom. The van der Waals surface area contributed by atoms with E-state index in [-0.39, 0.29) is 28.8 Å². The third-order valence-corrected chi connectivity index (χ3v) is 4.14. The first-order valence-corrected chi connectivity index (χ1v) is 8.28. The second kappa shape index (κ2) is 7.74. The van der Waals surface area contributed by atoms with Gasteiger partial charge in [0.1, 0.15) is 11.5 Å². The SMILES string of the molecule is COc1ccc(-c2ccc(C(=O)NC(C)c3ccccc3)o2)c([N+](=O)[O-])c1. The van der Waals surface area contributed by atoms with E-state index in [4.69, 9.17) is 9.15 Å². The Bertz CT molecular complexity index is 966. The number of nitrogens with one attached hydrogen (secondary N) is 1. The fourth-order valence-corrected chi connectivity index (χ4v) is 2.70. The summed E-state index contributed by atoms with van der Waals surface area (Å²) in [5, 5.41) is 14.2. The van der Waals surface area contributed by atoms with Crippen LogP contribution in [0.1, 0.15) is 29.1 Å². The zero-order valence-electron chi connectivity index (χ0n) is 14.8. The van der Waals surface area contributed by atoms with Crippen molar-refractivity contribution in [2.45, 2.75) is 13.0 Å². The Labute approximate surface area is 155 Å². The standard InChI is InChI=1S/C20H18N2O5/c1-13(14-6-4-3-5-7-14)21-20(23)19-11-10-18(27-19)16-9-8-15(26-2)12-17(16)22(24)25/h3-13H,1-2H3,(H,21,23). The number of nitrogens with zero attached hydrogens (tertiary/aromatic N) is 1. The molecule has 0 spiro atoms. The summed E-state index contributed by atoms with van der Waals surface area (Å²) >= 11 is 0. The maximum absolute atomic E-state index is 12.4. The van der Waals surface area contributed by atoms with Gasteiger partial charge >= 0.3 is 0 Å². The first-order valence-electron chi connectivity index (χ1n) is 8.28. The van der Waals surface area contributed by atoms with Crippen LogP contribution >= 0.6 is 0 Å². The van der Waals surface area contributed by atoms with Gasteiger partial charge in [-0.3, -0.25) is 14.9 Å². The maximum Gasteiger partial charge on any atom is 0.287 e. The van der Waals surface area contributed by atoms with Crippen LogP contribution in [0.5, 0.6) is 5.75 Å². The molecule has 0 saturated heterocycles. The number of carbonyl (C=O) groups is 1. The van der Waals surface area contributed by atoms with E-state index >= 15 is 0 Å². The van der Waals surface area contributed by atoms with Crippen LogP contribution in [-0.2, 0) is 0 Å². The number of furan rings is 1. The van der Waals surface area contributed by atoms with Crippen molar-refractivity contribution < 1.29 is 18.9 Å². The summed E-state index contributed by atoms with van der Waals surface area (Å²) in [5.41, 5.74) is 1.08. The lowest BCUT2D eigenvalue weighted by molar-refractivity contribution is -0.384. The number of rotatable bonds is 6. The molecule has 7 nitrogen and oxygen atoms in total. The van der Waals surface area contributed by atoms with Crippen molar-refractivity contribution in [3.05, 3.63) is 82.1 Å². The summed E-state index contributed by atoms with van der Waals surface area (Å²) in [5.74, 6) is 0.292. The molecule has 1 N–H and O–H groups in total. The van der Waals surface area contributed by atoms with Gasteiger partial charge in [-0.05, 0) is 36.8 Å². The highest BCUT2D eigenvalue weighted by molar-refractivity contribution is 5.92. The third kappa shape index (κ3) is 3.98. The number of benzene rings is 2. The quantitative estimate of drug-likeness (QED) is 0.517. The molecule has 0 aliphatic heterocycles. The molecule has 3 rings (SSSR count). The Morgan fingerprint density at radius 2 is 1.89 bits per heavy atom. The van der Waals surface area contributed by atoms with Crippen LogP contribution in [0.25, 0.3) is 11.3 Å². The zero-order chi connectivity index (χ0) is 19.4. The van der Waals surface area contributed by atoms with E-state index in [1.807, 2.05) is 37.3 Å². The first kappa shape index (κ1) is 18.2. The molecule has 0 radical (unpaired) electrons. The number of hydrogen-bond acceptors (Lipinski definition) is 5. The number of hydrogen-bond donors (Lipinski definition) is 1. The Kier molecular flexibility index (Phi) is 5.21. The molecule has 1 atom stereocenters. The highest BCUT2D eigenvalue weighted by atomic mass is 16.6. The van der Waals surface area contributed by atoms with Gasteiger partial charge in [0.25, 0.3) is 11.6 Å². The summed E-state index contributed by atoms with van der Waals surface area (Å²) in [6, 6.07) is 16.8. The Morgan fingerprint density at radius 1 is 1.15 bits per heavy atom. The molecule has 3 aromatic rings. The van der Waals surface area contributed by atoms with E-state index in [1.165, 1.54) is 31.4 Å². The first-order chi connectivity index (χ1) is 13.0. The van der Waals surface area contributed by atoms with Crippen LogP contribution in [0.15, 0.2) is 65.1 Å². The van der Waals surface area contributed by atoms with Crippen molar-refractivity contribution in [3.63, 3.8) is 0 Å². The summed E-state index contributed by atoms with van der Waals surface area (Å²) < 4.78 is 10.6. The van der Waals surface area contributed by atoms with Crippen molar-refractivity contribution >= 4 is 11.6 Å². The van der Waals surface area contributed by atoms with Gasteiger partial charge in [-0.2, -0.15) is 0 Å². The number of ether oxygens (including phenoxy) is 1. The fourth-order valence-electron chi connectivity index (χ4n) is 2.70. The van der Waals surface area contributed by atoms with Crippen LogP contribution in [0.2, 0.25) is 0 Å². The van der Waals surface area contributed by atoms with Gasteiger partial charge in [-0.15, -0.1) is 0 Å². The van der Waals surface area contributed by atoms with Gasteiger partial charge in [-0.1, -0.05) is 30.3 Å². The molecule has 0 bridgehead atoms. The van der Waals surface area contributed by atoms with Crippen molar-refractivity contribution in [2.24, 2.45) is 0 Å². The summed E-state index contributed by atoms with van der Waals surface area (Å²) in [7, 11) is 1.43. The van der Waals surface area contributed by atoms with E-state index in [0.29, 0.717) is 5.75 Å². The lowest BCUT2D eigenvalue weighted by atomic mass is 10.1. The van der Waals surface area contributed by atoms with Crippen molar-refractivity contribution in [3.8, 4) is 17.1 Å². The predicted molar refractivity (Wildman–Crippen MR) is 99.7 cm³/mol. The second-order valence-electron chi connectivity index (χ2n) is 5.91. The molecule has 1 heterocycles. The minimum absolute atomic E-state index is 0.0814. The highest BCUT2D eigenvalue weighted by Crippen LogP contribution is 2.34.